The Morgan fingerprint density at radius 1 is 1.06 bits per heavy atom. The number of hydrogen-bond donors (Lipinski definition) is 0. The maximum absolute atomic E-state index is 12.4. The Morgan fingerprint density at radius 2 is 1.76 bits per heavy atom. The molecule has 1 saturated carbocycles. The van der Waals surface area contributed by atoms with Crippen LogP contribution in [0.25, 0.3) is 0 Å². The van der Waals surface area contributed by atoms with E-state index < -0.39 is 0 Å². The van der Waals surface area contributed by atoms with Crippen LogP contribution in [0, 0.1) is 5.92 Å². The van der Waals surface area contributed by atoms with E-state index in [-0.39, 0.29) is 0 Å². The van der Waals surface area contributed by atoms with Gasteiger partial charge in [-0.2, -0.15) is 0 Å². The van der Waals surface area contributed by atoms with Crippen molar-refractivity contribution in [2.75, 3.05) is 11.9 Å². The molecule has 2 rings (SSSR count). The van der Waals surface area contributed by atoms with E-state index in [0.717, 1.165) is 18.3 Å². The van der Waals surface area contributed by atoms with E-state index in [1.54, 1.807) is 0 Å². The Bertz CT molecular complexity index is 251. The zero-order valence-corrected chi connectivity index (χ0v) is 12.3. The molecule has 2 nitrogen and oxygen atoms in total. The molecule has 3 heteroatoms. The first-order valence-corrected chi connectivity index (χ1v) is 8.29. The molecule has 0 bridgehead atoms. The van der Waals surface area contributed by atoms with Crippen molar-refractivity contribution < 1.29 is 4.79 Å². The molecular weight excluding hydrogens is 278 g/mol. The molecule has 1 unspecified atom stereocenters. The van der Waals surface area contributed by atoms with E-state index in [2.05, 4.69) is 20.8 Å². The van der Waals surface area contributed by atoms with Gasteiger partial charge in [0.1, 0.15) is 0 Å². The second-order valence-electron chi connectivity index (χ2n) is 5.60. The Balaban J connectivity index is 1.89. The molecule has 2 aliphatic rings. The minimum Gasteiger partial charge on any atom is -0.339 e. The Kier molecular flexibility index (Phi) is 5.33. The lowest BCUT2D eigenvalue weighted by molar-refractivity contribution is -0.134. The number of hydrogen-bond acceptors (Lipinski definition) is 1. The smallest absolute Gasteiger partial charge is 0.223 e. The molecule has 1 atom stereocenters. The van der Waals surface area contributed by atoms with Crippen molar-refractivity contribution in [2.45, 2.75) is 63.8 Å². The first-order chi connectivity index (χ1) is 8.31. The summed E-state index contributed by atoms with van der Waals surface area (Å²) in [5, 5.41) is 0.948. The average Bonchev–Trinajstić information content (AvgIpc) is 2.71. The summed E-state index contributed by atoms with van der Waals surface area (Å²) in [6.07, 6.45) is 11.0. The highest BCUT2D eigenvalue weighted by Gasteiger charge is 2.27. The minimum atomic E-state index is 0.420. The van der Waals surface area contributed by atoms with Gasteiger partial charge in [0.15, 0.2) is 0 Å². The molecule has 17 heavy (non-hydrogen) atoms. The largest absolute Gasteiger partial charge is 0.339 e. The molecule has 0 aromatic heterocycles. The summed E-state index contributed by atoms with van der Waals surface area (Å²) >= 11 is 3.57. The highest BCUT2D eigenvalue weighted by Crippen LogP contribution is 2.29. The SMILES string of the molecule is O=C(CC1CCCC1)N1CCCCCC1CBr. The topological polar surface area (TPSA) is 20.3 Å². The molecular formula is C14H24BrNO. The Labute approximate surface area is 113 Å². The van der Waals surface area contributed by atoms with Gasteiger partial charge in [-0.15, -0.1) is 0 Å². The van der Waals surface area contributed by atoms with E-state index in [1.807, 2.05) is 0 Å². The number of amides is 1. The fraction of sp³-hybridized carbons (Fsp3) is 0.929. The van der Waals surface area contributed by atoms with Crippen LogP contribution in [0.5, 0.6) is 0 Å². The third-order valence-electron chi connectivity index (χ3n) is 4.31. The fourth-order valence-electron chi connectivity index (χ4n) is 3.24. The summed E-state index contributed by atoms with van der Waals surface area (Å²) in [6, 6.07) is 0.450. The highest BCUT2D eigenvalue weighted by molar-refractivity contribution is 9.09. The lowest BCUT2D eigenvalue weighted by Gasteiger charge is -2.29. The lowest BCUT2D eigenvalue weighted by Crippen LogP contribution is -2.41. The van der Waals surface area contributed by atoms with E-state index in [4.69, 9.17) is 0 Å². The zero-order chi connectivity index (χ0) is 12.1. The predicted molar refractivity (Wildman–Crippen MR) is 74.3 cm³/mol. The van der Waals surface area contributed by atoms with Gasteiger partial charge in [-0.1, -0.05) is 41.6 Å². The van der Waals surface area contributed by atoms with Crippen LogP contribution in [-0.2, 0) is 4.79 Å². The maximum Gasteiger partial charge on any atom is 0.223 e. The molecule has 0 spiro atoms. The summed E-state index contributed by atoms with van der Waals surface area (Å²) in [7, 11) is 0. The number of carbonyl (C=O) groups is 1. The van der Waals surface area contributed by atoms with Crippen LogP contribution in [0.3, 0.4) is 0 Å². The van der Waals surface area contributed by atoms with Gasteiger partial charge in [-0.25, -0.2) is 0 Å². The Hall–Kier alpha value is -0.0500. The molecule has 0 aromatic rings. The van der Waals surface area contributed by atoms with Gasteiger partial charge in [0.05, 0.1) is 0 Å². The quantitative estimate of drug-likeness (QED) is 0.727. The van der Waals surface area contributed by atoms with Crippen molar-refractivity contribution in [1.82, 2.24) is 4.90 Å². The van der Waals surface area contributed by atoms with Crippen LogP contribution in [0.4, 0.5) is 0 Å². The van der Waals surface area contributed by atoms with Gasteiger partial charge in [0.25, 0.3) is 0 Å². The summed E-state index contributed by atoms with van der Waals surface area (Å²) in [5.74, 6) is 1.10. The summed E-state index contributed by atoms with van der Waals surface area (Å²) in [5.41, 5.74) is 0. The molecule has 1 saturated heterocycles. The van der Waals surface area contributed by atoms with Crippen LogP contribution in [0.1, 0.15) is 57.8 Å². The normalized spacial score (nSPS) is 27.1. The van der Waals surface area contributed by atoms with Crippen LogP contribution in [0.15, 0.2) is 0 Å². The van der Waals surface area contributed by atoms with Gasteiger partial charge < -0.3 is 4.90 Å². The summed E-state index contributed by atoms with van der Waals surface area (Å²) < 4.78 is 0. The number of nitrogens with zero attached hydrogens (tertiary/aromatic N) is 1. The van der Waals surface area contributed by atoms with Crippen molar-refractivity contribution in [3.8, 4) is 0 Å². The third kappa shape index (κ3) is 3.70. The molecule has 1 heterocycles. The monoisotopic (exact) mass is 301 g/mol. The first kappa shape index (κ1) is 13.4. The standard InChI is InChI=1S/C14H24BrNO/c15-11-13-8-2-1-5-9-16(13)14(17)10-12-6-3-4-7-12/h12-13H,1-11H2. The summed E-state index contributed by atoms with van der Waals surface area (Å²) in [6.45, 7) is 0.988. The predicted octanol–water partition coefficient (Wildman–Crippen LogP) is 3.73. The molecule has 1 amide bonds. The third-order valence-corrected chi connectivity index (χ3v) is 5.06. The van der Waals surface area contributed by atoms with Crippen LogP contribution in [-0.4, -0.2) is 28.7 Å². The van der Waals surface area contributed by atoms with E-state index in [0.29, 0.717) is 17.9 Å². The fourth-order valence-corrected chi connectivity index (χ4v) is 3.92. The Morgan fingerprint density at radius 3 is 2.47 bits per heavy atom. The van der Waals surface area contributed by atoms with E-state index >= 15 is 0 Å². The van der Waals surface area contributed by atoms with Gasteiger partial charge in [-0.3, -0.25) is 4.79 Å². The first-order valence-electron chi connectivity index (χ1n) is 7.16. The molecule has 1 aliphatic heterocycles. The van der Waals surface area contributed by atoms with Crippen molar-refractivity contribution in [3.05, 3.63) is 0 Å². The number of carbonyl (C=O) groups excluding carboxylic acids is 1. The second kappa shape index (κ2) is 6.77. The lowest BCUT2D eigenvalue weighted by atomic mass is 10.0. The van der Waals surface area contributed by atoms with Crippen LogP contribution >= 0.6 is 15.9 Å². The number of alkyl halides is 1. The highest BCUT2D eigenvalue weighted by atomic mass is 79.9. The van der Waals surface area contributed by atoms with Crippen molar-refractivity contribution in [3.63, 3.8) is 0 Å². The molecule has 0 aromatic carbocycles. The van der Waals surface area contributed by atoms with Crippen LogP contribution in [0.2, 0.25) is 0 Å². The maximum atomic E-state index is 12.4. The number of likely N-dealkylation sites (tertiary alicyclic amines) is 1. The van der Waals surface area contributed by atoms with Crippen molar-refractivity contribution >= 4 is 21.8 Å². The number of rotatable bonds is 3. The van der Waals surface area contributed by atoms with E-state index in [1.165, 1.54) is 51.4 Å². The van der Waals surface area contributed by atoms with Crippen molar-refractivity contribution in [2.24, 2.45) is 5.92 Å². The number of halogens is 1. The van der Waals surface area contributed by atoms with E-state index in [9.17, 15) is 4.79 Å². The minimum absolute atomic E-state index is 0.420. The van der Waals surface area contributed by atoms with Gasteiger partial charge in [0, 0.05) is 24.3 Å². The zero-order valence-electron chi connectivity index (χ0n) is 10.7. The summed E-state index contributed by atoms with van der Waals surface area (Å²) in [4.78, 5) is 14.5. The van der Waals surface area contributed by atoms with Gasteiger partial charge in [-0.05, 0) is 31.6 Å². The van der Waals surface area contributed by atoms with Crippen LogP contribution < -0.4 is 0 Å². The second-order valence-corrected chi connectivity index (χ2v) is 6.25. The molecule has 1 aliphatic carbocycles. The average molecular weight is 302 g/mol. The molecule has 98 valence electrons. The van der Waals surface area contributed by atoms with Gasteiger partial charge >= 0.3 is 0 Å². The van der Waals surface area contributed by atoms with Gasteiger partial charge in [0.2, 0.25) is 5.91 Å². The van der Waals surface area contributed by atoms with Crippen molar-refractivity contribution in [1.29, 1.82) is 0 Å². The molecule has 0 N–H and O–H groups in total. The molecule has 0 radical (unpaired) electrons. The molecule has 2 fully saturated rings.